The number of aromatic nitrogens is 2. The minimum Gasteiger partial charge on any atom is -0.451 e. The van der Waals surface area contributed by atoms with E-state index in [2.05, 4.69) is 10.4 Å². The lowest BCUT2D eigenvalue weighted by molar-refractivity contribution is -0.156. The maximum Gasteiger partial charge on any atom is 0.329 e. The normalized spacial score (nSPS) is 15.1. The number of nitrogens with one attached hydrogen (secondary N) is 1. The van der Waals surface area contributed by atoms with Crippen LogP contribution in [-0.2, 0) is 21.4 Å². The number of esters is 1. The van der Waals surface area contributed by atoms with E-state index in [0.717, 1.165) is 10.6 Å². The Morgan fingerprint density at radius 1 is 1.07 bits per heavy atom. The van der Waals surface area contributed by atoms with Gasteiger partial charge in [-0.25, -0.2) is 4.79 Å². The van der Waals surface area contributed by atoms with Crippen molar-refractivity contribution in [2.24, 2.45) is 7.05 Å². The fourth-order valence-electron chi connectivity index (χ4n) is 3.17. The zero-order chi connectivity index (χ0) is 21.5. The highest BCUT2D eigenvalue weighted by Gasteiger charge is 2.41. The summed E-state index contributed by atoms with van der Waals surface area (Å²) in [6.45, 7) is 6.37. The zero-order valence-electron chi connectivity index (χ0n) is 16.8. The minimum absolute atomic E-state index is 0.241. The van der Waals surface area contributed by atoms with Crippen molar-refractivity contribution in [3.8, 4) is 0 Å². The van der Waals surface area contributed by atoms with Crippen LogP contribution in [0.2, 0.25) is 0 Å². The molecule has 3 amide bonds. The third-order valence-electron chi connectivity index (χ3n) is 4.97. The van der Waals surface area contributed by atoms with Gasteiger partial charge in [0.1, 0.15) is 6.04 Å². The third-order valence-corrected chi connectivity index (χ3v) is 4.97. The largest absolute Gasteiger partial charge is 0.451 e. The Kier molecular flexibility index (Phi) is 5.23. The quantitative estimate of drug-likeness (QED) is 0.605. The van der Waals surface area contributed by atoms with E-state index in [-0.39, 0.29) is 11.1 Å². The topological polar surface area (TPSA) is 111 Å². The predicted octanol–water partition coefficient (Wildman–Crippen LogP) is 1.59. The van der Waals surface area contributed by atoms with E-state index < -0.39 is 35.8 Å². The first-order chi connectivity index (χ1) is 13.6. The molecule has 0 bridgehead atoms. The van der Waals surface area contributed by atoms with E-state index in [4.69, 9.17) is 4.74 Å². The van der Waals surface area contributed by atoms with Crippen molar-refractivity contribution in [2.75, 3.05) is 5.32 Å². The van der Waals surface area contributed by atoms with Gasteiger partial charge in [0.25, 0.3) is 17.7 Å². The number of hydrogen-bond donors (Lipinski definition) is 1. The van der Waals surface area contributed by atoms with Crippen molar-refractivity contribution in [1.82, 2.24) is 14.7 Å². The Labute approximate surface area is 167 Å². The number of imide groups is 1. The molecule has 0 saturated carbocycles. The number of carbonyl (C=O) groups is 4. The van der Waals surface area contributed by atoms with Gasteiger partial charge in [-0.15, -0.1) is 0 Å². The van der Waals surface area contributed by atoms with Crippen LogP contribution in [0.15, 0.2) is 24.3 Å². The number of hydrogen-bond acceptors (Lipinski definition) is 6. The number of nitrogens with zero attached hydrogens (tertiary/aromatic N) is 3. The van der Waals surface area contributed by atoms with E-state index in [1.54, 1.807) is 37.7 Å². The number of carbonyl (C=O) groups excluding carboxylic acids is 4. The van der Waals surface area contributed by atoms with E-state index in [1.807, 2.05) is 0 Å². The first-order valence-electron chi connectivity index (χ1n) is 9.12. The molecule has 0 radical (unpaired) electrons. The molecule has 2 aromatic rings. The van der Waals surface area contributed by atoms with Crippen molar-refractivity contribution in [3.63, 3.8) is 0 Å². The van der Waals surface area contributed by atoms with Crippen molar-refractivity contribution >= 4 is 29.4 Å². The van der Waals surface area contributed by atoms with Gasteiger partial charge in [0.2, 0.25) is 0 Å². The van der Waals surface area contributed by atoms with Crippen LogP contribution >= 0.6 is 0 Å². The van der Waals surface area contributed by atoms with Crippen LogP contribution in [0.25, 0.3) is 0 Å². The van der Waals surface area contributed by atoms with E-state index in [1.165, 1.54) is 26.0 Å². The monoisotopic (exact) mass is 398 g/mol. The van der Waals surface area contributed by atoms with Crippen molar-refractivity contribution in [2.45, 2.75) is 39.8 Å². The van der Waals surface area contributed by atoms with Crippen LogP contribution in [0, 0.1) is 13.8 Å². The highest BCUT2D eigenvalue weighted by Crippen LogP contribution is 2.25. The van der Waals surface area contributed by atoms with E-state index in [9.17, 15) is 19.2 Å². The Hall–Kier alpha value is -3.49. The molecule has 2 heterocycles. The summed E-state index contributed by atoms with van der Waals surface area (Å²) in [6.07, 6.45) is -1.13. The van der Waals surface area contributed by atoms with Gasteiger partial charge in [0.05, 0.1) is 28.2 Å². The van der Waals surface area contributed by atoms with Gasteiger partial charge in [-0.2, -0.15) is 5.10 Å². The average Bonchev–Trinajstić information content (AvgIpc) is 3.08. The number of amides is 3. The van der Waals surface area contributed by atoms with Crippen LogP contribution in [-0.4, -0.2) is 50.5 Å². The van der Waals surface area contributed by atoms with Crippen LogP contribution in [0.5, 0.6) is 0 Å². The van der Waals surface area contributed by atoms with E-state index >= 15 is 0 Å². The summed E-state index contributed by atoms with van der Waals surface area (Å²) in [6, 6.07) is 5.18. The lowest BCUT2D eigenvalue weighted by atomic mass is 10.1. The average molecular weight is 398 g/mol. The predicted molar refractivity (Wildman–Crippen MR) is 103 cm³/mol. The number of fused-ring (bicyclic) bond motifs is 1. The van der Waals surface area contributed by atoms with Gasteiger partial charge in [0.15, 0.2) is 6.10 Å². The molecule has 1 aliphatic rings. The molecule has 1 aromatic carbocycles. The standard InChI is InChI=1S/C20H22N4O5/c1-10-16(11(2)23(5)22-10)21-17(25)13(4)29-20(28)12(3)24-18(26)14-8-6-7-9-15(14)19(24)27/h6-9,12-13H,1-5H3,(H,21,25)/t12-,13-/m1/s1. The van der Waals surface area contributed by atoms with Gasteiger partial charge in [-0.05, 0) is 39.8 Å². The summed E-state index contributed by atoms with van der Waals surface area (Å²) in [5, 5.41) is 6.91. The molecular formula is C20H22N4O5. The first kappa shape index (κ1) is 20.2. The molecule has 0 aliphatic carbocycles. The molecule has 0 spiro atoms. The Morgan fingerprint density at radius 2 is 1.62 bits per heavy atom. The SMILES string of the molecule is Cc1nn(C)c(C)c1NC(=O)[C@@H](C)OC(=O)[C@@H](C)N1C(=O)c2ccccc2C1=O. The van der Waals surface area contributed by atoms with Gasteiger partial charge >= 0.3 is 5.97 Å². The highest BCUT2D eigenvalue weighted by molar-refractivity contribution is 6.22. The second-order valence-electron chi connectivity index (χ2n) is 6.94. The smallest absolute Gasteiger partial charge is 0.329 e. The number of benzene rings is 1. The maximum absolute atomic E-state index is 12.5. The van der Waals surface area contributed by atoms with Crippen LogP contribution in [0.1, 0.15) is 46.0 Å². The Morgan fingerprint density at radius 3 is 2.10 bits per heavy atom. The Bertz CT molecular complexity index is 991. The molecule has 1 N–H and O–H groups in total. The number of ether oxygens (including phenoxy) is 1. The molecule has 29 heavy (non-hydrogen) atoms. The lowest BCUT2D eigenvalue weighted by Gasteiger charge is -2.22. The van der Waals surface area contributed by atoms with Gasteiger partial charge < -0.3 is 10.1 Å². The number of anilines is 1. The molecule has 2 atom stereocenters. The third kappa shape index (κ3) is 3.51. The molecule has 9 heteroatoms. The van der Waals surface area contributed by atoms with Crippen LogP contribution in [0.4, 0.5) is 5.69 Å². The lowest BCUT2D eigenvalue weighted by Crippen LogP contribution is -2.45. The van der Waals surface area contributed by atoms with Crippen molar-refractivity contribution < 1.29 is 23.9 Å². The first-order valence-corrected chi connectivity index (χ1v) is 9.12. The van der Waals surface area contributed by atoms with Gasteiger partial charge in [-0.1, -0.05) is 12.1 Å². The number of aryl methyl sites for hydroxylation is 2. The summed E-state index contributed by atoms with van der Waals surface area (Å²) in [7, 11) is 1.76. The molecule has 0 fully saturated rings. The summed E-state index contributed by atoms with van der Waals surface area (Å²) >= 11 is 0. The molecule has 1 aromatic heterocycles. The Balaban J connectivity index is 1.67. The fraction of sp³-hybridized carbons (Fsp3) is 0.350. The van der Waals surface area contributed by atoms with Crippen molar-refractivity contribution in [3.05, 3.63) is 46.8 Å². The number of rotatable bonds is 5. The summed E-state index contributed by atoms with van der Waals surface area (Å²) < 4.78 is 6.85. The fourth-order valence-corrected chi connectivity index (χ4v) is 3.17. The highest BCUT2D eigenvalue weighted by atomic mass is 16.5. The molecular weight excluding hydrogens is 376 g/mol. The van der Waals surface area contributed by atoms with Gasteiger partial charge in [-0.3, -0.25) is 24.0 Å². The maximum atomic E-state index is 12.5. The molecule has 0 saturated heterocycles. The molecule has 9 nitrogen and oxygen atoms in total. The van der Waals surface area contributed by atoms with Crippen LogP contribution < -0.4 is 5.32 Å². The second-order valence-corrected chi connectivity index (χ2v) is 6.94. The second kappa shape index (κ2) is 7.50. The van der Waals surface area contributed by atoms with Crippen molar-refractivity contribution in [1.29, 1.82) is 0 Å². The minimum atomic E-state index is -1.17. The molecule has 1 aliphatic heterocycles. The summed E-state index contributed by atoms with van der Waals surface area (Å²) in [5.41, 5.74) is 2.43. The summed E-state index contributed by atoms with van der Waals surface area (Å²) in [5.74, 6) is -2.50. The van der Waals surface area contributed by atoms with E-state index in [0.29, 0.717) is 11.4 Å². The zero-order valence-corrected chi connectivity index (χ0v) is 16.8. The summed E-state index contributed by atoms with van der Waals surface area (Å²) in [4.78, 5) is 50.8. The van der Waals surface area contributed by atoms with Crippen LogP contribution in [0.3, 0.4) is 0 Å². The van der Waals surface area contributed by atoms with Gasteiger partial charge in [0, 0.05) is 7.05 Å². The molecule has 152 valence electrons. The molecule has 0 unspecified atom stereocenters. The molecule has 3 rings (SSSR count).